The fourth-order valence-corrected chi connectivity index (χ4v) is 13.2. The zero-order chi connectivity index (χ0) is 47.8. The zero-order valence-corrected chi connectivity index (χ0v) is 40.9. The second-order valence-electron chi connectivity index (χ2n) is 20.6. The number of hydrogen-bond donors (Lipinski definition) is 0. The summed E-state index contributed by atoms with van der Waals surface area (Å²) in [6, 6.07) is 82.9. The van der Waals surface area contributed by atoms with Crippen molar-refractivity contribution in [2.24, 2.45) is 5.92 Å². The molecular weight excluding hydrogens is 855 g/mol. The molecule has 1 spiro atoms. The van der Waals surface area contributed by atoms with Gasteiger partial charge in [-0.3, -0.25) is 0 Å². The first-order valence-electron chi connectivity index (χ1n) is 25.7. The van der Waals surface area contributed by atoms with Gasteiger partial charge in [-0.1, -0.05) is 221 Å². The first-order chi connectivity index (χ1) is 34.9. The first-order valence-corrected chi connectivity index (χ1v) is 25.7. The highest BCUT2D eigenvalue weighted by molar-refractivity contribution is 6.07. The van der Waals surface area contributed by atoms with Gasteiger partial charge in [-0.15, -0.1) is 6.58 Å². The van der Waals surface area contributed by atoms with Crippen LogP contribution in [0.15, 0.2) is 231 Å². The fourth-order valence-electron chi connectivity index (χ4n) is 13.2. The van der Waals surface area contributed by atoms with Gasteiger partial charge in [0, 0.05) is 22.4 Å². The van der Waals surface area contributed by atoms with Gasteiger partial charge in [-0.05, 0) is 155 Å². The van der Waals surface area contributed by atoms with E-state index in [0.29, 0.717) is 5.92 Å². The topological polar surface area (TPSA) is 3.24 Å². The third kappa shape index (κ3) is 6.52. The van der Waals surface area contributed by atoms with Gasteiger partial charge in [-0.2, -0.15) is 0 Å². The van der Waals surface area contributed by atoms with Crippen LogP contribution in [0, 0.1) is 5.92 Å². The fraction of sp³-hybridized carbons (Fsp3) is 0.143. The van der Waals surface area contributed by atoms with Crippen LogP contribution >= 0.6 is 0 Å². The largest absolute Gasteiger partial charge is 0.310 e. The lowest BCUT2D eigenvalue weighted by Crippen LogP contribution is -2.26. The number of aryl methyl sites for hydroxylation is 1. The Balaban J connectivity index is 1.06. The van der Waals surface area contributed by atoms with Gasteiger partial charge < -0.3 is 4.90 Å². The normalized spacial score (nSPS) is 14.3. The van der Waals surface area contributed by atoms with Crippen LogP contribution in [-0.2, 0) is 17.3 Å². The Bertz CT molecular complexity index is 3690. The van der Waals surface area contributed by atoms with Crippen LogP contribution in [0.4, 0.5) is 17.1 Å². The van der Waals surface area contributed by atoms with E-state index in [2.05, 4.69) is 257 Å². The smallest absolute Gasteiger partial charge is 0.0726 e. The standard InChI is InChI=1S/C70H57N/c1-5-20-46(6-2)37-38-47-39-42-63-59(43-47)57-41-40-52(45-65(57)70(63)61-33-14-10-27-55(61)56-28-11-15-34-62(56)70)71(66-36-19-35-64-68(66)58-29-12-13-32-60(58)69(64,3)4)51-26-16-25-50(44-51)54-31-18-24-49-23-17-30-53(67(49)54)48-21-8-7-9-22-48/h5,7-19,21-36,39-46H,1,6,20,37-38H2,2-4H3. The molecule has 0 bridgehead atoms. The van der Waals surface area contributed by atoms with Crippen LogP contribution in [0.1, 0.15) is 79.0 Å². The third-order valence-electron chi connectivity index (χ3n) is 16.5. The molecule has 3 aliphatic carbocycles. The maximum Gasteiger partial charge on any atom is 0.0726 e. The Morgan fingerprint density at radius 2 is 1.04 bits per heavy atom. The average Bonchev–Trinajstić information content (AvgIpc) is 3.98. The van der Waals surface area contributed by atoms with E-state index in [1.807, 2.05) is 0 Å². The number of hydrogen-bond acceptors (Lipinski definition) is 1. The Kier molecular flexibility index (Phi) is 10.2. The summed E-state index contributed by atoms with van der Waals surface area (Å²) in [6.07, 6.45) is 6.54. The summed E-state index contributed by atoms with van der Waals surface area (Å²) in [4.78, 5) is 2.57. The number of fused-ring (bicyclic) bond motifs is 14. The van der Waals surface area contributed by atoms with Crippen molar-refractivity contribution in [1.29, 1.82) is 0 Å². The van der Waals surface area contributed by atoms with Crippen molar-refractivity contribution in [2.45, 2.75) is 57.3 Å². The number of benzene rings is 10. The summed E-state index contributed by atoms with van der Waals surface area (Å²) < 4.78 is 0. The molecule has 0 aromatic heterocycles. The Morgan fingerprint density at radius 3 is 1.77 bits per heavy atom. The first kappa shape index (κ1) is 43.1. The molecule has 3 aliphatic rings. The van der Waals surface area contributed by atoms with Crippen LogP contribution in [0.3, 0.4) is 0 Å². The predicted octanol–water partition coefficient (Wildman–Crippen LogP) is 18.8. The van der Waals surface area contributed by atoms with Crippen molar-refractivity contribution >= 4 is 27.8 Å². The van der Waals surface area contributed by atoms with Crippen LogP contribution in [0.25, 0.3) is 66.4 Å². The summed E-state index contributed by atoms with van der Waals surface area (Å²) in [7, 11) is 0. The van der Waals surface area contributed by atoms with Crippen LogP contribution < -0.4 is 4.90 Å². The molecule has 1 heteroatoms. The summed E-state index contributed by atoms with van der Waals surface area (Å²) in [5.74, 6) is 0.642. The molecule has 342 valence electrons. The van der Waals surface area contributed by atoms with E-state index in [4.69, 9.17) is 0 Å². The average molecular weight is 912 g/mol. The maximum atomic E-state index is 4.08. The zero-order valence-electron chi connectivity index (χ0n) is 40.9. The number of anilines is 3. The second-order valence-corrected chi connectivity index (χ2v) is 20.6. The molecule has 0 saturated heterocycles. The molecule has 0 N–H and O–H groups in total. The molecule has 1 unspecified atom stereocenters. The Hall–Kier alpha value is -8.00. The predicted molar refractivity (Wildman–Crippen MR) is 300 cm³/mol. The Morgan fingerprint density at radius 1 is 0.465 bits per heavy atom. The van der Waals surface area contributed by atoms with Gasteiger partial charge in [0.1, 0.15) is 0 Å². The van der Waals surface area contributed by atoms with Gasteiger partial charge >= 0.3 is 0 Å². The van der Waals surface area contributed by atoms with E-state index in [1.165, 1.54) is 117 Å². The van der Waals surface area contributed by atoms with E-state index in [0.717, 1.165) is 30.6 Å². The van der Waals surface area contributed by atoms with E-state index in [-0.39, 0.29) is 5.41 Å². The molecule has 0 aliphatic heterocycles. The van der Waals surface area contributed by atoms with Gasteiger partial charge in [0.25, 0.3) is 0 Å². The quantitative estimate of drug-likeness (QED) is 0.117. The molecule has 0 fully saturated rings. The van der Waals surface area contributed by atoms with Crippen molar-refractivity contribution in [2.75, 3.05) is 4.90 Å². The van der Waals surface area contributed by atoms with Crippen molar-refractivity contribution in [3.8, 4) is 55.6 Å². The minimum Gasteiger partial charge on any atom is -0.310 e. The number of allylic oxidation sites excluding steroid dienone is 1. The molecule has 10 aromatic rings. The van der Waals surface area contributed by atoms with Crippen molar-refractivity contribution < 1.29 is 0 Å². The Labute approximate surface area is 419 Å². The van der Waals surface area contributed by atoms with E-state index in [1.54, 1.807) is 0 Å². The van der Waals surface area contributed by atoms with Gasteiger partial charge in [-0.25, -0.2) is 0 Å². The van der Waals surface area contributed by atoms with Crippen molar-refractivity contribution in [1.82, 2.24) is 0 Å². The minimum atomic E-state index is -0.487. The molecular formula is C70H57N. The molecule has 0 heterocycles. The lowest BCUT2D eigenvalue weighted by Gasteiger charge is -2.33. The monoisotopic (exact) mass is 911 g/mol. The molecule has 1 atom stereocenters. The molecule has 0 amide bonds. The highest BCUT2D eigenvalue weighted by Crippen LogP contribution is 2.64. The van der Waals surface area contributed by atoms with Crippen LogP contribution in [-0.4, -0.2) is 0 Å². The molecule has 1 nitrogen and oxygen atoms in total. The highest BCUT2D eigenvalue weighted by Gasteiger charge is 2.52. The van der Waals surface area contributed by atoms with Crippen molar-refractivity contribution in [3.05, 3.63) is 270 Å². The second kappa shape index (κ2) is 16.9. The number of nitrogens with zero attached hydrogens (tertiary/aromatic N) is 1. The number of rotatable bonds is 11. The lowest BCUT2D eigenvalue weighted by molar-refractivity contribution is 0.477. The van der Waals surface area contributed by atoms with Gasteiger partial charge in [0.05, 0.1) is 11.1 Å². The molecule has 0 saturated carbocycles. The minimum absolute atomic E-state index is 0.159. The van der Waals surface area contributed by atoms with E-state index < -0.39 is 5.41 Å². The molecule has 0 radical (unpaired) electrons. The van der Waals surface area contributed by atoms with Gasteiger partial charge in [0.15, 0.2) is 0 Å². The van der Waals surface area contributed by atoms with Crippen LogP contribution in [0.2, 0.25) is 0 Å². The van der Waals surface area contributed by atoms with E-state index >= 15 is 0 Å². The molecule has 10 aromatic carbocycles. The SMILES string of the molecule is C=CCC(CC)CCc1ccc2c(c1)-c1ccc(N(c3cccc(-c4cccc5cccc(-c6ccccc6)c45)c3)c3cccc4c3-c3ccccc3C4(C)C)cc1C21c2ccccc2-c2ccccc21. The third-order valence-corrected chi connectivity index (χ3v) is 16.5. The summed E-state index contributed by atoms with van der Waals surface area (Å²) in [5, 5.41) is 2.50. The molecule has 71 heavy (non-hydrogen) atoms. The highest BCUT2D eigenvalue weighted by atomic mass is 15.1. The molecule has 13 rings (SSSR count). The summed E-state index contributed by atoms with van der Waals surface area (Å²) >= 11 is 0. The van der Waals surface area contributed by atoms with Crippen molar-refractivity contribution in [3.63, 3.8) is 0 Å². The van der Waals surface area contributed by atoms with Crippen LogP contribution in [0.5, 0.6) is 0 Å². The lowest BCUT2D eigenvalue weighted by atomic mass is 9.70. The van der Waals surface area contributed by atoms with E-state index in [9.17, 15) is 0 Å². The van der Waals surface area contributed by atoms with Gasteiger partial charge in [0.2, 0.25) is 0 Å². The summed E-state index contributed by atoms with van der Waals surface area (Å²) in [6.45, 7) is 11.2. The summed E-state index contributed by atoms with van der Waals surface area (Å²) in [5.41, 5.74) is 25.2. The maximum absolute atomic E-state index is 4.08.